The Labute approximate surface area is 82.6 Å². The molecule has 1 aliphatic rings. The van der Waals surface area contributed by atoms with E-state index in [4.69, 9.17) is 0 Å². The first kappa shape index (κ1) is 7.97. The minimum Gasteiger partial charge on any atom is -0.341 e. The highest BCUT2D eigenvalue weighted by Gasteiger charge is 2.22. The molecule has 0 saturated heterocycles. The van der Waals surface area contributed by atoms with Gasteiger partial charge in [0.2, 0.25) is 0 Å². The largest absolute Gasteiger partial charge is 0.341 e. The minimum absolute atomic E-state index is 0.853. The van der Waals surface area contributed by atoms with Crippen LogP contribution in [0.15, 0.2) is 12.3 Å². The number of hydrogen-bond donors (Lipinski definition) is 1. The zero-order valence-electron chi connectivity index (χ0n) is 8.25. The molecule has 0 atom stereocenters. The molecule has 2 aromatic heterocycles. The van der Waals surface area contributed by atoms with Crippen molar-refractivity contribution in [3.63, 3.8) is 0 Å². The van der Waals surface area contributed by atoms with Gasteiger partial charge in [0.05, 0.1) is 5.52 Å². The Morgan fingerprint density at radius 3 is 3.14 bits per heavy atom. The van der Waals surface area contributed by atoms with E-state index in [-0.39, 0.29) is 0 Å². The molecule has 3 rings (SSSR count). The SMILES string of the molecule is Cc1cnc2nc(CC3CC3)[nH]c2c1. The monoisotopic (exact) mass is 187 g/mol. The van der Waals surface area contributed by atoms with Crippen LogP contribution in [0, 0.1) is 12.8 Å². The quantitative estimate of drug-likeness (QED) is 0.783. The van der Waals surface area contributed by atoms with Crippen LogP contribution < -0.4 is 0 Å². The van der Waals surface area contributed by atoms with Crippen LogP contribution in [-0.2, 0) is 6.42 Å². The third-order valence-electron chi connectivity index (χ3n) is 2.70. The maximum absolute atomic E-state index is 4.47. The summed E-state index contributed by atoms with van der Waals surface area (Å²) in [5.41, 5.74) is 3.10. The first-order valence-corrected chi connectivity index (χ1v) is 5.12. The van der Waals surface area contributed by atoms with E-state index in [1.165, 1.54) is 18.4 Å². The normalized spacial score (nSPS) is 16.4. The summed E-state index contributed by atoms with van der Waals surface area (Å²) in [5.74, 6) is 1.97. The molecular formula is C11H13N3. The molecule has 2 heterocycles. The second kappa shape index (κ2) is 2.80. The second-order valence-corrected chi connectivity index (χ2v) is 4.21. The van der Waals surface area contributed by atoms with E-state index in [1.807, 2.05) is 13.1 Å². The number of H-pyrrole nitrogens is 1. The number of fused-ring (bicyclic) bond motifs is 1. The van der Waals surface area contributed by atoms with Crippen LogP contribution in [0.4, 0.5) is 0 Å². The predicted molar refractivity (Wildman–Crippen MR) is 55.1 cm³/mol. The van der Waals surface area contributed by atoms with Gasteiger partial charge in [0.25, 0.3) is 0 Å². The Morgan fingerprint density at radius 1 is 1.50 bits per heavy atom. The van der Waals surface area contributed by atoms with Crippen molar-refractivity contribution in [3.05, 3.63) is 23.7 Å². The van der Waals surface area contributed by atoms with Crippen molar-refractivity contribution < 1.29 is 0 Å². The molecule has 0 bridgehead atoms. The van der Waals surface area contributed by atoms with Gasteiger partial charge < -0.3 is 4.98 Å². The summed E-state index contributed by atoms with van der Waals surface area (Å²) in [5, 5.41) is 0. The zero-order chi connectivity index (χ0) is 9.54. The van der Waals surface area contributed by atoms with Gasteiger partial charge in [0.1, 0.15) is 5.82 Å². The van der Waals surface area contributed by atoms with E-state index in [2.05, 4.69) is 21.0 Å². The highest BCUT2D eigenvalue weighted by molar-refractivity contribution is 5.70. The highest BCUT2D eigenvalue weighted by atomic mass is 15.0. The lowest BCUT2D eigenvalue weighted by molar-refractivity contribution is 0.787. The van der Waals surface area contributed by atoms with Gasteiger partial charge in [-0.2, -0.15) is 0 Å². The Hall–Kier alpha value is -1.38. The molecule has 14 heavy (non-hydrogen) atoms. The Kier molecular flexibility index (Phi) is 1.60. The fraction of sp³-hybridized carbons (Fsp3) is 0.455. The molecule has 0 aromatic carbocycles. The summed E-state index contributed by atoms with van der Waals surface area (Å²) < 4.78 is 0. The predicted octanol–water partition coefficient (Wildman–Crippen LogP) is 2.22. The maximum atomic E-state index is 4.47. The Bertz CT molecular complexity index is 468. The average molecular weight is 187 g/mol. The molecule has 3 heteroatoms. The van der Waals surface area contributed by atoms with Crippen LogP contribution in [0.3, 0.4) is 0 Å². The van der Waals surface area contributed by atoms with Crippen molar-refractivity contribution in [3.8, 4) is 0 Å². The summed E-state index contributed by atoms with van der Waals surface area (Å²) in [4.78, 5) is 12.1. The third kappa shape index (κ3) is 1.39. The fourth-order valence-corrected chi connectivity index (χ4v) is 1.75. The number of hydrogen-bond acceptors (Lipinski definition) is 2. The van der Waals surface area contributed by atoms with E-state index in [0.29, 0.717) is 0 Å². The number of aryl methyl sites for hydroxylation is 1. The number of imidazole rings is 1. The molecule has 1 aliphatic carbocycles. The van der Waals surface area contributed by atoms with Crippen LogP contribution in [0.1, 0.15) is 24.2 Å². The van der Waals surface area contributed by atoms with Gasteiger partial charge in [0.15, 0.2) is 5.65 Å². The molecule has 0 amide bonds. The molecular weight excluding hydrogens is 174 g/mol. The Morgan fingerprint density at radius 2 is 2.36 bits per heavy atom. The number of pyridine rings is 1. The number of nitrogens with zero attached hydrogens (tertiary/aromatic N) is 2. The van der Waals surface area contributed by atoms with Gasteiger partial charge in [-0.1, -0.05) is 0 Å². The Balaban J connectivity index is 2.01. The van der Waals surface area contributed by atoms with Crippen molar-refractivity contribution in [2.45, 2.75) is 26.2 Å². The number of aromatic amines is 1. The topological polar surface area (TPSA) is 41.6 Å². The van der Waals surface area contributed by atoms with Gasteiger partial charge in [-0.05, 0) is 37.3 Å². The summed E-state index contributed by atoms with van der Waals surface area (Å²) in [6.07, 6.45) is 5.69. The van der Waals surface area contributed by atoms with Crippen LogP contribution in [0.25, 0.3) is 11.2 Å². The van der Waals surface area contributed by atoms with Crippen LogP contribution in [-0.4, -0.2) is 15.0 Å². The van der Waals surface area contributed by atoms with E-state index in [1.54, 1.807) is 0 Å². The lowest BCUT2D eigenvalue weighted by Gasteiger charge is -1.89. The summed E-state index contributed by atoms with van der Waals surface area (Å²) in [7, 11) is 0. The molecule has 1 N–H and O–H groups in total. The fourth-order valence-electron chi connectivity index (χ4n) is 1.75. The lowest BCUT2D eigenvalue weighted by Crippen LogP contribution is -1.88. The summed E-state index contributed by atoms with van der Waals surface area (Å²) in [6, 6.07) is 2.10. The van der Waals surface area contributed by atoms with Gasteiger partial charge in [-0.25, -0.2) is 9.97 Å². The van der Waals surface area contributed by atoms with E-state index >= 15 is 0 Å². The number of nitrogens with one attached hydrogen (secondary N) is 1. The zero-order valence-corrected chi connectivity index (χ0v) is 8.25. The van der Waals surface area contributed by atoms with Gasteiger partial charge in [-0.15, -0.1) is 0 Å². The molecule has 2 aromatic rings. The first-order chi connectivity index (χ1) is 6.81. The molecule has 0 radical (unpaired) electrons. The molecule has 1 saturated carbocycles. The smallest absolute Gasteiger partial charge is 0.177 e. The molecule has 0 aliphatic heterocycles. The lowest BCUT2D eigenvalue weighted by atomic mass is 10.3. The van der Waals surface area contributed by atoms with Crippen LogP contribution in [0.5, 0.6) is 0 Å². The van der Waals surface area contributed by atoms with Gasteiger partial charge in [0, 0.05) is 12.6 Å². The van der Waals surface area contributed by atoms with Crippen LogP contribution in [0.2, 0.25) is 0 Å². The molecule has 72 valence electrons. The minimum atomic E-state index is 0.853. The molecule has 0 spiro atoms. The molecule has 3 nitrogen and oxygen atoms in total. The van der Waals surface area contributed by atoms with Crippen molar-refractivity contribution in [1.29, 1.82) is 0 Å². The van der Waals surface area contributed by atoms with Crippen molar-refractivity contribution >= 4 is 11.2 Å². The van der Waals surface area contributed by atoms with E-state index in [9.17, 15) is 0 Å². The maximum Gasteiger partial charge on any atom is 0.177 e. The highest BCUT2D eigenvalue weighted by Crippen LogP contribution is 2.32. The molecule has 1 fully saturated rings. The van der Waals surface area contributed by atoms with Crippen molar-refractivity contribution in [2.24, 2.45) is 5.92 Å². The average Bonchev–Trinajstić information content (AvgIpc) is 2.84. The third-order valence-corrected chi connectivity index (χ3v) is 2.70. The van der Waals surface area contributed by atoms with E-state index < -0.39 is 0 Å². The number of aromatic nitrogens is 3. The number of rotatable bonds is 2. The second-order valence-electron chi connectivity index (χ2n) is 4.21. The summed E-state index contributed by atoms with van der Waals surface area (Å²) >= 11 is 0. The first-order valence-electron chi connectivity index (χ1n) is 5.12. The van der Waals surface area contributed by atoms with Gasteiger partial charge >= 0.3 is 0 Å². The molecule has 0 unspecified atom stereocenters. The van der Waals surface area contributed by atoms with Crippen molar-refractivity contribution in [1.82, 2.24) is 15.0 Å². The van der Waals surface area contributed by atoms with Gasteiger partial charge in [-0.3, -0.25) is 0 Å². The standard InChI is InChI=1S/C11H13N3/c1-7-4-9-11(12-6-7)14-10(13-9)5-8-2-3-8/h4,6,8H,2-3,5H2,1H3,(H,12,13,14). The summed E-state index contributed by atoms with van der Waals surface area (Å²) in [6.45, 7) is 2.05. The van der Waals surface area contributed by atoms with E-state index in [0.717, 1.165) is 29.3 Å². The van der Waals surface area contributed by atoms with Crippen LogP contribution >= 0.6 is 0 Å². The van der Waals surface area contributed by atoms with Crippen molar-refractivity contribution in [2.75, 3.05) is 0 Å².